The lowest BCUT2D eigenvalue weighted by Crippen LogP contribution is -2.34. The van der Waals surface area contributed by atoms with Crippen LogP contribution in [0.25, 0.3) is 15.9 Å². The first kappa shape index (κ1) is 20.2. The fraction of sp³-hybridized carbons (Fsp3) is 0.409. The number of aromatic nitrogens is 2. The molecule has 3 aromatic rings. The summed E-state index contributed by atoms with van der Waals surface area (Å²) in [6, 6.07) is 9.72. The van der Waals surface area contributed by atoms with E-state index in [0.717, 1.165) is 47.2 Å². The van der Waals surface area contributed by atoms with E-state index in [1.54, 1.807) is 4.57 Å². The Morgan fingerprint density at radius 3 is 2.79 bits per heavy atom. The van der Waals surface area contributed by atoms with E-state index in [0.29, 0.717) is 11.1 Å². The van der Waals surface area contributed by atoms with E-state index in [1.165, 1.54) is 23.1 Å². The van der Waals surface area contributed by atoms with Crippen LogP contribution in [0.4, 0.5) is 0 Å². The number of para-hydroxylation sites is 1. The quantitative estimate of drug-likeness (QED) is 0.417. The molecule has 1 aromatic carbocycles. The minimum absolute atomic E-state index is 0.0326. The van der Waals surface area contributed by atoms with Gasteiger partial charge in [-0.1, -0.05) is 43.3 Å². The van der Waals surface area contributed by atoms with Crippen molar-refractivity contribution in [2.75, 3.05) is 5.75 Å². The molecule has 0 spiro atoms. The Balaban J connectivity index is 1.69. The molecule has 0 aliphatic heterocycles. The molecule has 0 bridgehead atoms. The first-order chi connectivity index (χ1) is 14.1. The molecule has 2 heterocycles. The second kappa shape index (κ2) is 8.71. The molecule has 0 radical (unpaired) electrons. The van der Waals surface area contributed by atoms with Crippen LogP contribution in [0.2, 0.25) is 0 Å². The van der Waals surface area contributed by atoms with Gasteiger partial charge >= 0.3 is 0 Å². The summed E-state index contributed by atoms with van der Waals surface area (Å²) in [5.74, 6) is 0.696. The van der Waals surface area contributed by atoms with Crippen LogP contribution in [0.15, 0.2) is 45.7 Å². The van der Waals surface area contributed by atoms with Gasteiger partial charge in [0.15, 0.2) is 5.16 Å². The average Bonchev–Trinajstić information content (AvgIpc) is 3.46. The van der Waals surface area contributed by atoms with Crippen molar-refractivity contribution in [3.05, 3.63) is 51.6 Å². The number of rotatable bonds is 8. The van der Waals surface area contributed by atoms with Gasteiger partial charge in [-0.05, 0) is 55.2 Å². The van der Waals surface area contributed by atoms with Crippen molar-refractivity contribution in [2.45, 2.75) is 56.6 Å². The van der Waals surface area contributed by atoms with Crippen molar-refractivity contribution in [2.24, 2.45) is 0 Å². The van der Waals surface area contributed by atoms with Gasteiger partial charge < -0.3 is 5.32 Å². The normalized spacial score (nSPS) is 14.8. The second-order valence-electron chi connectivity index (χ2n) is 7.56. The van der Waals surface area contributed by atoms with Gasteiger partial charge in [-0.15, -0.1) is 11.3 Å². The minimum atomic E-state index is -0.0355. The third-order valence-corrected chi connectivity index (χ3v) is 6.93. The Morgan fingerprint density at radius 1 is 1.34 bits per heavy atom. The highest BCUT2D eigenvalue weighted by atomic mass is 32.2. The molecule has 2 aromatic heterocycles. The molecular formula is C22H25N3O2S2. The van der Waals surface area contributed by atoms with Crippen LogP contribution in [-0.2, 0) is 4.79 Å². The number of thioether (sulfide) groups is 1. The molecule has 1 N–H and O–H groups in total. The van der Waals surface area contributed by atoms with Gasteiger partial charge in [0.1, 0.15) is 4.83 Å². The third kappa shape index (κ3) is 4.41. The summed E-state index contributed by atoms with van der Waals surface area (Å²) in [6.45, 7) is 4.12. The van der Waals surface area contributed by atoms with E-state index < -0.39 is 0 Å². The zero-order valence-electron chi connectivity index (χ0n) is 16.7. The minimum Gasteiger partial charge on any atom is -0.353 e. The van der Waals surface area contributed by atoms with E-state index in [1.807, 2.05) is 37.3 Å². The second-order valence-corrected chi connectivity index (χ2v) is 9.36. The van der Waals surface area contributed by atoms with Crippen LogP contribution in [0, 0.1) is 0 Å². The fourth-order valence-corrected chi connectivity index (χ4v) is 5.43. The topological polar surface area (TPSA) is 64.0 Å². The number of carbonyl (C=O) groups excluding carboxylic acids is 1. The molecule has 1 aliphatic carbocycles. The van der Waals surface area contributed by atoms with Crippen molar-refractivity contribution in [3.8, 4) is 5.69 Å². The van der Waals surface area contributed by atoms with Crippen LogP contribution in [-0.4, -0.2) is 27.3 Å². The average molecular weight is 428 g/mol. The summed E-state index contributed by atoms with van der Waals surface area (Å²) in [4.78, 5) is 31.4. The molecule has 1 fully saturated rings. The Kier molecular flexibility index (Phi) is 6.06. The molecule has 1 atom stereocenters. The number of benzene rings is 1. The molecule has 5 nitrogen and oxygen atoms in total. The summed E-state index contributed by atoms with van der Waals surface area (Å²) in [5.41, 5.74) is 1.88. The molecule has 1 saturated carbocycles. The fourth-order valence-electron chi connectivity index (χ4n) is 3.54. The first-order valence-electron chi connectivity index (χ1n) is 10.1. The predicted molar refractivity (Wildman–Crippen MR) is 120 cm³/mol. The van der Waals surface area contributed by atoms with Crippen LogP contribution in [0.1, 0.15) is 51.0 Å². The lowest BCUT2D eigenvalue weighted by molar-refractivity contribution is -0.119. The van der Waals surface area contributed by atoms with Crippen molar-refractivity contribution < 1.29 is 4.79 Å². The highest BCUT2D eigenvalue weighted by Gasteiger charge is 2.29. The summed E-state index contributed by atoms with van der Waals surface area (Å²) in [5, 5.41) is 6.41. The SMILES string of the molecule is CCCC(C)NC(=O)CSc1nc2scc(C3CC3)c2c(=O)n1-c1ccccc1. The van der Waals surface area contributed by atoms with Crippen LogP contribution in [0.5, 0.6) is 0 Å². The predicted octanol–water partition coefficient (Wildman–Crippen LogP) is 4.72. The van der Waals surface area contributed by atoms with E-state index in [2.05, 4.69) is 17.6 Å². The molecule has 29 heavy (non-hydrogen) atoms. The molecule has 152 valence electrons. The van der Waals surface area contributed by atoms with Crippen molar-refractivity contribution in [1.29, 1.82) is 0 Å². The number of nitrogens with zero attached hydrogens (tertiary/aromatic N) is 2. The zero-order chi connectivity index (χ0) is 20.4. The molecular weight excluding hydrogens is 402 g/mol. The summed E-state index contributed by atoms with van der Waals surface area (Å²) in [7, 11) is 0. The van der Waals surface area contributed by atoms with Gasteiger partial charge in [0.25, 0.3) is 5.56 Å². The maximum absolute atomic E-state index is 13.5. The maximum atomic E-state index is 13.5. The van der Waals surface area contributed by atoms with Crippen LogP contribution >= 0.6 is 23.1 Å². The van der Waals surface area contributed by atoms with E-state index in [-0.39, 0.29) is 23.3 Å². The Labute approximate surface area is 178 Å². The van der Waals surface area contributed by atoms with Crippen molar-refractivity contribution >= 4 is 39.2 Å². The van der Waals surface area contributed by atoms with Crippen molar-refractivity contribution in [3.63, 3.8) is 0 Å². The van der Waals surface area contributed by atoms with E-state index in [4.69, 9.17) is 4.98 Å². The third-order valence-electron chi connectivity index (χ3n) is 5.10. The van der Waals surface area contributed by atoms with Gasteiger partial charge in [-0.2, -0.15) is 0 Å². The Hall–Kier alpha value is -2.12. The van der Waals surface area contributed by atoms with Gasteiger partial charge in [-0.3, -0.25) is 14.2 Å². The van der Waals surface area contributed by atoms with Crippen molar-refractivity contribution in [1.82, 2.24) is 14.9 Å². The standard InChI is InChI=1S/C22H25N3O2S2/c1-3-7-14(2)23-18(26)13-29-22-24-20-19(17(12-28-20)15-10-11-15)21(27)25(22)16-8-5-4-6-9-16/h4-6,8-9,12,14-15H,3,7,10-11,13H2,1-2H3,(H,23,26). The summed E-state index contributed by atoms with van der Waals surface area (Å²) in [6.07, 6.45) is 4.27. The zero-order valence-corrected chi connectivity index (χ0v) is 18.3. The number of carbonyl (C=O) groups is 1. The smallest absolute Gasteiger partial charge is 0.267 e. The molecule has 7 heteroatoms. The summed E-state index contributed by atoms with van der Waals surface area (Å²) < 4.78 is 1.66. The van der Waals surface area contributed by atoms with Gasteiger partial charge in [0, 0.05) is 6.04 Å². The number of hydrogen-bond acceptors (Lipinski definition) is 5. The summed E-state index contributed by atoms with van der Waals surface area (Å²) >= 11 is 2.85. The van der Waals surface area contributed by atoms with Gasteiger partial charge in [-0.25, -0.2) is 4.98 Å². The molecule has 1 aliphatic rings. The lowest BCUT2D eigenvalue weighted by Gasteiger charge is -2.14. The highest BCUT2D eigenvalue weighted by molar-refractivity contribution is 7.99. The largest absolute Gasteiger partial charge is 0.353 e. The highest BCUT2D eigenvalue weighted by Crippen LogP contribution is 2.44. The van der Waals surface area contributed by atoms with Crippen LogP contribution in [0.3, 0.4) is 0 Å². The Bertz CT molecular complexity index is 1070. The van der Waals surface area contributed by atoms with E-state index >= 15 is 0 Å². The van der Waals surface area contributed by atoms with Gasteiger partial charge in [0.2, 0.25) is 5.91 Å². The number of fused-ring (bicyclic) bond motifs is 1. The van der Waals surface area contributed by atoms with Crippen LogP contribution < -0.4 is 10.9 Å². The number of thiophene rings is 1. The number of hydrogen-bond donors (Lipinski definition) is 1. The molecule has 1 unspecified atom stereocenters. The molecule has 1 amide bonds. The van der Waals surface area contributed by atoms with Gasteiger partial charge in [0.05, 0.1) is 16.8 Å². The Morgan fingerprint density at radius 2 is 2.10 bits per heavy atom. The monoisotopic (exact) mass is 427 g/mol. The molecule has 4 rings (SSSR count). The van der Waals surface area contributed by atoms with E-state index in [9.17, 15) is 9.59 Å². The lowest BCUT2D eigenvalue weighted by atomic mass is 10.1. The number of amides is 1. The molecule has 0 saturated heterocycles. The first-order valence-corrected chi connectivity index (χ1v) is 12.0. The number of nitrogens with one attached hydrogen (secondary N) is 1. The maximum Gasteiger partial charge on any atom is 0.267 e.